The molecule has 3 heteroatoms. The maximum Gasteiger partial charge on any atom is 0.144 e. The summed E-state index contributed by atoms with van der Waals surface area (Å²) >= 11 is 0. The largest absolute Gasteiger partial charge is 0.484 e. The Bertz CT molecular complexity index is 2650. The Morgan fingerprint density at radius 1 is 0.544 bits per heavy atom. The molecule has 0 aliphatic heterocycles. The highest BCUT2D eigenvalue weighted by molar-refractivity contribution is 6.07. The minimum absolute atomic E-state index is 0.222. The van der Waals surface area contributed by atoms with Crippen molar-refractivity contribution in [2.75, 3.05) is 10.6 Å². The molecule has 0 heterocycles. The van der Waals surface area contributed by atoms with Gasteiger partial charge in [0.25, 0.3) is 0 Å². The minimum Gasteiger partial charge on any atom is -0.484 e. The third-order valence-corrected chi connectivity index (χ3v) is 11.4. The van der Waals surface area contributed by atoms with Gasteiger partial charge in [0.15, 0.2) is 0 Å². The Morgan fingerprint density at radius 2 is 1.09 bits per heavy atom. The Morgan fingerprint density at radius 3 is 1.75 bits per heavy atom. The van der Waals surface area contributed by atoms with Gasteiger partial charge in [-0.25, -0.2) is 0 Å². The van der Waals surface area contributed by atoms with E-state index in [0.717, 1.165) is 58.1 Å². The number of benzene rings is 8. The van der Waals surface area contributed by atoms with Gasteiger partial charge in [-0.1, -0.05) is 182 Å². The lowest BCUT2D eigenvalue weighted by Gasteiger charge is -2.35. The van der Waals surface area contributed by atoms with Gasteiger partial charge >= 0.3 is 0 Å². The highest BCUT2D eigenvalue weighted by atomic mass is 16.5. The highest BCUT2D eigenvalue weighted by Crippen LogP contribution is 2.48. The SMILES string of the molecule is CC(Oc1cc(-c2ccccc2N(C2=CCC(c3ccccc3)CC2)c2ccccc2-c2ccccc2)c2ccccc2c1N)c1ccc(-c2ccccc2)cc1. The van der Waals surface area contributed by atoms with Crippen LogP contribution in [-0.4, -0.2) is 0 Å². The Labute approximate surface area is 336 Å². The highest BCUT2D eigenvalue weighted by Gasteiger charge is 2.27. The van der Waals surface area contributed by atoms with Crippen LogP contribution >= 0.6 is 0 Å². The van der Waals surface area contributed by atoms with E-state index in [-0.39, 0.29) is 6.10 Å². The first-order valence-corrected chi connectivity index (χ1v) is 20.0. The normalized spacial score (nSPS) is 14.5. The first-order chi connectivity index (χ1) is 28.1. The Hall–Kier alpha value is -6.84. The quantitative estimate of drug-likeness (QED) is 0.142. The number of allylic oxidation sites excluding steroid dienone is 2. The molecule has 1 aliphatic carbocycles. The molecule has 0 saturated carbocycles. The van der Waals surface area contributed by atoms with Crippen molar-refractivity contribution in [3.8, 4) is 39.1 Å². The monoisotopic (exact) mass is 738 g/mol. The average molecular weight is 739 g/mol. The van der Waals surface area contributed by atoms with Crippen LogP contribution in [0, 0.1) is 0 Å². The second-order valence-electron chi connectivity index (χ2n) is 14.9. The number of rotatable bonds is 10. The number of hydrogen-bond acceptors (Lipinski definition) is 3. The van der Waals surface area contributed by atoms with Gasteiger partial charge in [-0.15, -0.1) is 0 Å². The van der Waals surface area contributed by atoms with E-state index in [0.29, 0.717) is 17.4 Å². The zero-order chi connectivity index (χ0) is 38.6. The molecule has 0 saturated heterocycles. The molecular weight excluding hydrogens is 693 g/mol. The summed E-state index contributed by atoms with van der Waals surface area (Å²) < 4.78 is 6.83. The van der Waals surface area contributed by atoms with Gasteiger partial charge in [0.05, 0.1) is 17.1 Å². The number of nitrogens with zero attached hydrogens (tertiary/aromatic N) is 1. The lowest BCUT2D eigenvalue weighted by atomic mass is 9.85. The molecule has 0 radical (unpaired) electrons. The summed E-state index contributed by atoms with van der Waals surface area (Å²) in [5.74, 6) is 1.17. The number of fused-ring (bicyclic) bond motifs is 1. The van der Waals surface area contributed by atoms with Gasteiger partial charge < -0.3 is 15.4 Å². The number of anilines is 3. The summed E-state index contributed by atoms with van der Waals surface area (Å²) in [6.45, 7) is 2.10. The van der Waals surface area contributed by atoms with Crippen LogP contribution in [0.3, 0.4) is 0 Å². The maximum atomic E-state index is 7.00. The molecule has 2 unspecified atom stereocenters. The van der Waals surface area contributed by atoms with Gasteiger partial charge in [0, 0.05) is 22.2 Å². The van der Waals surface area contributed by atoms with Gasteiger partial charge in [0.1, 0.15) is 11.9 Å². The predicted molar refractivity (Wildman–Crippen MR) is 240 cm³/mol. The van der Waals surface area contributed by atoms with Crippen LogP contribution in [-0.2, 0) is 0 Å². The van der Waals surface area contributed by atoms with E-state index in [1.165, 1.54) is 33.5 Å². The van der Waals surface area contributed by atoms with Crippen molar-refractivity contribution < 1.29 is 4.74 Å². The van der Waals surface area contributed by atoms with Gasteiger partial charge in [-0.05, 0) is 89.1 Å². The van der Waals surface area contributed by atoms with Crippen molar-refractivity contribution in [2.24, 2.45) is 0 Å². The molecule has 2 N–H and O–H groups in total. The maximum absolute atomic E-state index is 7.00. The number of para-hydroxylation sites is 2. The van der Waals surface area contributed by atoms with E-state index < -0.39 is 0 Å². The van der Waals surface area contributed by atoms with Crippen molar-refractivity contribution in [3.05, 3.63) is 217 Å². The zero-order valence-electron chi connectivity index (χ0n) is 32.3. The molecule has 57 heavy (non-hydrogen) atoms. The Balaban J connectivity index is 1.16. The van der Waals surface area contributed by atoms with E-state index in [1.807, 2.05) is 6.07 Å². The lowest BCUT2D eigenvalue weighted by Crippen LogP contribution is -2.21. The van der Waals surface area contributed by atoms with Crippen LogP contribution in [0.5, 0.6) is 5.75 Å². The van der Waals surface area contributed by atoms with Crippen molar-refractivity contribution in [1.29, 1.82) is 0 Å². The molecule has 278 valence electrons. The molecule has 1 aliphatic rings. The van der Waals surface area contributed by atoms with E-state index in [4.69, 9.17) is 10.5 Å². The van der Waals surface area contributed by atoms with Crippen molar-refractivity contribution >= 4 is 27.8 Å². The summed E-state index contributed by atoms with van der Waals surface area (Å²) in [6, 6.07) is 69.0. The third-order valence-electron chi connectivity index (χ3n) is 11.4. The summed E-state index contributed by atoms with van der Waals surface area (Å²) in [5, 5.41) is 2.07. The van der Waals surface area contributed by atoms with E-state index in [2.05, 4.69) is 206 Å². The van der Waals surface area contributed by atoms with Crippen LogP contribution in [0.2, 0.25) is 0 Å². The summed E-state index contributed by atoms with van der Waals surface area (Å²) in [7, 11) is 0. The van der Waals surface area contributed by atoms with Crippen LogP contribution in [0.1, 0.15) is 49.3 Å². The minimum atomic E-state index is -0.222. The third kappa shape index (κ3) is 7.33. The fourth-order valence-corrected chi connectivity index (χ4v) is 8.45. The number of nitrogens with two attached hydrogens (primary N) is 1. The molecule has 0 fully saturated rings. The lowest BCUT2D eigenvalue weighted by molar-refractivity contribution is 0.228. The van der Waals surface area contributed by atoms with Crippen LogP contribution in [0.15, 0.2) is 206 Å². The zero-order valence-corrected chi connectivity index (χ0v) is 32.3. The molecule has 0 aromatic heterocycles. The van der Waals surface area contributed by atoms with Crippen LogP contribution in [0.4, 0.5) is 17.1 Å². The molecule has 3 nitrogen and oxygen atoms in total. The van der Waals surface area contributed by atoms with Gasteiger partial charge in [0.2, 0.25) is 0 Å². The van der Waals surface area contributed by atoms with Gasteiger partial charge in [-0.3, -0.25) is 0 Å². The molecule has 2 atom stereocenters. The molecule has 9 rings (SSSR count). The summed E-state index contributed by atoms with van der Waals surface area (Å²) in [4.78, 5) is 2.52. The fourth-order valence-electron chi connectivity index (χ4n) is 8.45. The van der Waals surface area contributed by atoms with Crippen molar-refractivity contribution in [1.82, 2.24) is 0 Å². The van der Waals surface area contributed by atoms with Crippen molar-refractivity contribution in [2.45, 2.75) is 38.2 Å². The first-order valence-electron chi connectivity index (χ1n) is 20.0. The van der Waals surface area contributed by atoms with Gasteiger partial charge in [-0.2, -0.15) is 0 Å². The van der Waals surface area contributed by atoms with Crippen molar-refractivity contribution in [3.63, 3.8) is 0 Å². The van der Waals surface area contributed by atoms with E-state index in [9.17, 15) is 0 Å². The molecular formula is C54H46N2O. The number of nitrogen functional groups attached to an aromatic ring is 1. The Kier molecular flexibility index (Phi) is 10.1. The van der Waals surface area contributed by atoms with Crippen LogP contribution < -0.4 is 15.4 Å². The second kappa shape index (κ2) is 16.1. The summed E-state index contributed by atoms with van der Waals surface area (Å²) in [6.07, 6.45) is 5.27. The number of ether oxygens (including phenoxy) is 1. The summed E-state index contributed by atoms with van der Waals surface area (Å²) in [5.41, 5.74) is 20.7. The fraction of sp³-hybridized carbons (Fsp3) is 0.111. The number of hydrogen-bond donors (Lipinski definition) is 1. The topological polar surface area (TPSA) is 38.5 Å². The molecule has 0 spiro atoms. The average Bonchev–Trinajstić information content (AvgIpc) is 3.29. The van der Waals surface area contributed by atoms with E-state index in [1.54, 1.807) is 0 Å². The molecule has 8 aromatic rings. The standard InChI is InChI=1S/C54H46N2O/c1-38(39-29-31-42(32-30-39)40-17-5-2-6-18-40)57-53-37-50(47-24-11-12-26-49(47)54(53)55)48-25-14-16-28-52(48)56(45-35-33-43(34-36-45)41-19-7-3-8-20-41)51-27-15-13-23-46(51)44-21-9-4-10-22-44/h2-32,35,37-38,43H,33-34,36,55H2,1H3. The van der Waals surface area contributed by atoms with Crippen LogP contribution in [0.25, 0.3) is 44.2 Å². The van der Waals surface area contributed by atoms with E-state index >= 15 is 0 Å². The molecule has 0 amide bonds. The second-order valence-corrected chi connectivity index (χ2v) is 14.9. The first kappa shape index (κ1) is 35.8. The predicted octanol–water partition coefficient (Wildman–Crippen LogP) is 14.6. The smallest absolute Gasteiger partial charge is 0.144 e. The molecule has 8 aromatic carbocycles. The molecule has 0 bridgehead atoms.